The van der Waals surface area contributed by atoms with E-state index >= 15 is 0 Å². The number of carbonyl (C=O) groups is 5. The summed E-state index contributed by atoms with van der Waals surface area (Å²) in [4.78, 5) is 68.7. The van der Waals surface area contributed by atoms with Crippen LogP contribution in [-0.2, 0) is 70.3 Å². The first-order valence-corrected chi connectivity index (χ1v) is 14.6. The van der Waals surface area contributed by atoms with Gasteiger partial charge in [0.25, 0.3) is 5.72 Å². The van der Waals surface area contributed by atoms with Crippen molar-refractivity contribution in [1.29, 1.82) is 0 Å². The molecule has 0 spiro atoms. The molecule has 0 N–H and O–H groups in total. The molecule has 1 unspecified atom stereocenters. The molecule has 46 heavy (non-hydrogen) atoms. The van der Waals surface area contributed by atoms with Crippen LogP contribution in [0.3, 0.4) is 0 Å². The third-order valence-corrected chi connectivity index (χ3v) is 8.59. The summed E-state index contributed by atoms with van der Waals surface area (Å²) in [5.74, 6) is -6.99. The molecule has 2 aromatic rings. The first kappa shape index (κ1) is 33.0. The zero-order valence-electron chi connectivity index (χ0n) is 25.9. The molecule has 0 aromatic heterocycles. The quantitative estimate of drug-likeness (QED) is 0.241. The molecular weight excluding hydrogens is 604 g/mol. The van der Waals surface area contributed by atoms with Crippen molar-refractivity contribution >= 4 is 29.8 Å². The Morgan fingerprint density at radius 1 is 0.826 bits per heavy atom. The van der Waals surface area contributed by atoms with Gasteiger partial charge in [0.15, 0.2) is 5.54 Å². The van der Waals surface area contributed by atoms with Crippen LogP contribution in [-0.4, -0.2) is 104 Å². The minimum absolute atomic E-state index is 0.0520. The Balaban J connectivity index is 1.69. The first-order valence-electron chi connectivity index (χ1n) is 14.6. The Hall–Kier alpha value is -4.37. The Morgan fingerprint density at radius 3 is 2.00 bits per heavy atom. The predicted molar refractivity (Wildman–Crippen MR) is 155 cm³/mol. The minimum Gasteiger partial charge on any atom is -0.469 e. The lowest BCUT2D eigenvalue weighted by atomic mass is 9.73. The number of benzene rings is 2. The summed E-state index contributed by atoms with van der Waals surface area (Å²) < 4.78 is 39.4. The molecule has 5 rings (SSSR count). The molecule has 7 atom stereocenters. The van der Waals surface area contributed by atoms with Crippen LogP contribution in [0, 0.1) is 5.92 Å². The summed E-state index contributed by atoms with van der Waals surface area (Å²) in [5, 5.41) is 2.10. The van der Waals surface area contributed by atoms with Crippen molar-refractivity contribution in [1.82, 2.24) is 10.0 Å². The number of nitrogens with zero attached hydrogens (tertiary/aromatic N) is 2. The molecule has 3 saturated heterocycles. The van der Waals surface area contributed by atoms with Gasteiger partial charge in [-0.05, 0) is 11.1 Å². The van der Waals surface area contributed by atoms with E-state index in [0.29, 0.717) is 0 Å². The molecular formula is C32H36N2O12. The van der Waals surface area contributed by atoms with E-state index in [1.54, 1.807) is 0 Å². The Morgan fingerprint density at radius 2 is 1.43 bits per heavy atom. The van der Waals surface area contributed by atoms with Crippen LogP contribution in [0.25, 0.3) is 0 Å². The van der Waals surface area contributed by atoms with Gasteiger partial charge in [-0.15, -0.1) is 0 Å². The highest BCUT2D eigenvalue weighted by Gasteiger charge is 2.84. The van der Waals surface area contributed by atoms with Crippen molar-refractivity contribution < 1.29 is 57.1 Å². The summed E-state index contributed by atoms with van der Waals surface area (Å²) in [6, 6.07) is 17.5. The fourth-order valence-corrected chi connectivity index (χ4v) is 6.73. The number of amides is 1. The van der Waals surface area contributed by atoms with E-state index in [1.165, 1.54) is 5.01 Å². The Kier molecular flexibility index (Phi) is 9.72. The minimum atomic E-state index is -2.62. The maximum absolute atomic E-state index is 14.0. The van der Waals surface area contributed by atoms with Crippen molar-refractivity contribution in [2.45, 2.75) is 55.6 Å². The third kappa shape index (κ3) is 5.40. The molecule has 0 radical (unpaired) electrons. The molecule has 3 fully saturated rings. The molecule has 14 nitrogen and oxygen atoms in total. The fraction of sp³-hybridized carbons (Fsp3) is 0.469. The second kappa shape index (κ2) is 13.5. The molecule has 3 aliphatic rings. The average molecular weight is 641 g/mol. The van der Waals surface area contributed by atoms with Crippen LogP contribution in [0.2, 0.25) is 0 Å². The lowest BCUT2D eigenvalue weighted by Crippen LogP contribution is -2.68. The summed E-state index contributed by atoms with van der Waals surface area (Å²) in [6.07, 6.45) is -3.22. The SMILES string of the molecule is COC(=O)C[C@]1(C(=O)OC)[C@H](C(=O)OC)[C@@]2(C(=O)OC)O[C@H](COCc3ccccc3)[C@@H](OCc3ccccc3)[C@@H]3CC(=O)N2N31. The van der Waals surface area contributed by atoms with Crippen molar-refractivity contribution in [3.8, 4) is 0 Å². The lowest BCUT2D eigenvalue weighted by Gasteiger charge is -2.44. The monoisotopic (exact) mass is 640 g/mol. The maximum Gasteiger partial charge on any atom is 0.362 e. The highest BCUT2D eigenvalue weighted by molar-refractivity contribution is 6.02. The topological polar surface area (TPSA) is 156 Å². The van der Waals surface area contributed by atoms with Crippen molar-refractivity contribution in [3.05, 3.63) is 71.8 Å². The Labute approximate surface area is 265 Å². The molecule has 0 saturated carbocycles. The van der Waals surface area contributed by atoms with Gasteiger partial charge in [-0.3, -0.25) is 14.4 Å². The first-order chi connectivity index (χ1) is 22.2. The maximum atomic E-state index is 14.0. The second-order valence-corrected chi connectivity index (χ2v) is 11.1. The smallest absolute Gasteiger partial charge is 0.362 e. The van der Waals surface area contributed by atoms with E-state index in [1.807, 2.05) is 60.7 Å². The zero-order chi connectivity index (χ0) is 33.1. The number of hydrogen-bond donors (Lipinski definition) is 0. The summed E-state index contributed by atoms with van der Waals surface area (Å²) in [5.41, 5.74) is -3.31. The van der Waals surface area contributed by atoms with Crippen LogP contribution in [0.15, 0.2) is 60.7 Å². The van der Waals surface area contributed by atoms with Crippen LogP contribution in [0.5, 0.6) is 0 Å². The van der Waals surface area contributed by atoms with E-state index in [0.717, 1.165) is 44.6 Å². The number of esters is 4. The fourth-order valence-electron chi connectivity index (χ4n) is 6.73. The molecule has 0 aliphatic carbocycles. The van der Waals surface area contributed by atoms with Crippen molar-refractivity contribution in [3.63, 3.8) is 0 Å². The predicted octanol–water partition coefficient (Wildman–Crippen LogP) is 1.15. The number of hydrogen-bond acceptors (Lipinski definition) is 13. The second-order valence-electron chi connectivity index (χ2n) is 11.1. The van der Waals surface area contributed by atoms with Crippen LogP contribution in [0.4, 0.5) is 0 Å². The van der Waals surface area contributed by atoms with Crippen LogP contribution in [0.1, 0.15) is 24.0 Å². The molecule has 4 bridgehead atoms. The van der Waals surface area contributed by atoms with Gasteiger partial charge in [0.2, 0.25) is 5.91 Å². The standard InChI is InChI=1S/C32H36N2O12/c1-40-25(36)16-31(29(38)42-3)27(28(37)41-2)32(30(39)43-4)34-24(35)15-22(33(31)34)26(45-18-21-13-9-6-10-14-21)23(46-32)19-44-17-20-11-7-5-8-12-20/h5-14,22-23,26-27H,15-19H2,1-4H3/t22-,23+,26-,27-,31+,32-/m0/s1. The number of ether oxygens (including phenoxy) is 7. The van der Waals surface area contributed by atoms with Crippen molar-refractivity contribution in [2.75, 3.05) is 35.0 Å². The van der Waals surface area contributed by atoms with Gasteiger partial charge in [-0.25, -0.2) is 14.6 Å². The molecule has 1 amide bonds. The number of hydrazine groups is 1. The largest absolute Gasteiger partial charge is 0.469 e. The molecule has 3 heterocycles. The lowest BCUT2D eigenvalue weighted by molar-refractivity contribution is -0.241. The van der Waals surface area contributed by atoms with Gasteiger partial charge in [-0.2, -0.15) is 5.01 Å². The molecule has 14 heteroatoms. The van der Waals surface area contributed by atoms with Gasteiger partial charge in [-0.1, -0.05) is 60.7 Å². The van der Waals surface area contributed by atoms with E-state index in [-0.39, 0.29) is 26.2 Å². The van der Waals surface area contributed by atoms with Crippen LogP contribution < -0.4 is 0 Å². The van der Waals surface area contributed by atoms with E-state index in [4.69, 9.17) is 33.2 Å². The van der Waals surface area contributed by atoms with Gasteiger partial charge in [0.1, 0.15) is 18.1 Å². The van der Waals surface area contributed by atoms with Gasteiger partial charge < -0.3 is 33.2 Å². The normalized spacial score (nSPS) is 29.5. The van der Waals surface area contributed by atoms with Crippen LogP contribution >= 0.6 is 0 Å². The number of carbonyl (C=O) groups excluding carboxylic acids is 5. The average Bonchev–Trinajstić information content (AvgIpc) is 3.51. The molecule has 3 aliphatic heterocycles. The third-order valence-electron chi connectivity index (χ3n) is 8.59. The molecule has 2 aromatic carbocycles. The zero-order valence-corrected chi connectivity index (χ0v) is 25.9. The highest BCUT2D eigenvalue weighted by atomic mass is 16.6. The summed E-state index contributed by atoms with van der Waals surface area (Å²) >= 11 is 0. The van der Waals surface area contributed by atoms with Crippen molar-refractivity contribution in [2.24, 2.45) is 5.92 Å². The Bertz CT molecular complexity index is 1460. The summed E-state index contributed by atoms with van der Waals surface area (Å²) in [7, 11) is 4.24. The van der Waals surface area contributed by atoms with E-state index in [2.05, 4.69) is 0 Å². The van der Waals surface area contributed by atoms with Gasteiger partial charge in [0, 0.05) is 6.42 Å². The number of methoxy groups -OCH3 is 4. The number of rotatable bonds is 12. The molecule has 246 valence electrons. The highest BCUT2D eigenvalue weighted by Crippen LogP contribution is 2.58. The van der Waals surface area contributed by atoms with E-state index < -0.39 is 71.6 Å². The van der Waals surface area contributed by atoms with Gasteiger partial charge in [0.05, 0.1) is 60.7 Å². The summed E-state index contributed by atoms with van der Waals surface area (Å²) in [6.45, 7) is 0.0648. The van der Waals surface area contributed by atoms with Gasteiger partial charge >= 0.3 is 23.9 Å². The van der Waals surface area contributed by atoms with E-state index in [9.17, 15) is 24.0 Å².